The van der Waals surface area contributed by atoms with Crippen molar-refractivity contribution in [3.63, 3.8) is 0 Å². The smallest absolute Gasteiger partial charge is 0.0578 e. The second-order valence-corrected chi connectivity index (χ2v) is 5.17. The van der Waals surface area contributed by atoms with Crippen LogP contribution in [0.5, 0.6) is 0 Å². The van der Waals surface area contributed by atoms with Gasteiger partial charge >= 0.3 is 0 Å². The Morgan fingerprint density at radius 1 is 1.57 bits per heavy atom. The van der Waals surface area contributed by atoms with E-state index in [1.54, 1.807) is 11.3 Å². The summed E-state index contributed by atoms with van der Waals surface area (Å²) in [4.78, 5) is 1.36. The SMILES string of the molecule is C#CCNC(C)c1cc2sccc2s1. The first-order valence-electron chi connectivity index (χ1n) is 4.45. The van der Waals surface area contributed by atoms with E-state index < -0.39 is 0 Å². The maximum atomic E-state index is 5.20. The van der Waals surface area contributed by atoms with Crippen LogP contribution >= 0.6 is 22.7 Å². The maximum Gasteiger partial charge on any atom is 0.0578 e. The highest BCUT2D eigenvalue weighted by Crippen LogP contribution is 2.32. The predicted octanol–water partition coefficient (Wildman–Crippen LogP) is 3.25. The van der Waals surface area contributed by atoms with Gasteiger partial charge in [0.1, 0.15) is 0 Å². The number of thiophene rings is 2. The minimum atomic E-state index is 0.357. The summed E-state index contributed by atoms with van der Waals surface area (Å²) >= 11 is 3.63. The van der Waals surface area contributed by atoms with Crippen LogP contribution in [0, 0.1) is 12.3 Å². The molecule has 0 bridgehead atoms. The first-order chi connectivity index (χ1) is 6.81. The molecule has 0 fully saturated rings. The third kappa shape index (κ3) is 1.83. The van der Waals surface area contributed by atoms with Gasteiger partial charge in [-0.2, -0.15) is 0 Å². The van der Waals surface area contributed by atoms with Gasteiger partial charge in [0.15, 0.2) is 0 Å². The maximum absolute atomic E-state index is 5.20. The predicted molar refractivity (Wildman–Crippen MR) is 65.0 cm³/mol. The van der Waals surface area contributed by atoms with E-state index in [2.05, 4.69) is 35.7 Å². The Balaban J connectivity index is 2.18. The number of rotatable bonds is 3. The van der Waals surface area contributed by atoms with E-state index in [0.29, 0.717) is 12.6 Å². The summed E-state index contributed by atoms with van der Waals surface area (Å²) in [7, 11) is 0. The summed E-state index contributed by atoms with van der Waals surface area (Å²) in [5.41, 5.74) is 0. The Bertz CT molecular complexity index is 432. The highest BCUT2D eigenvalue weighted by Gasteiger charge is 2.08. The highest BCUT2D eigenvalue weighted by atomic mass is 32.1. The van der Waals surface area contributed by atoms with Gasteiger partial charge in [0.2, 0.25) is 0 Å². The van der Waals surface area contributed by atoms with Crippen molar-refractivity contribution in [3.8, 4) is 12.3 Å². The minimum Gasteiger partial charge on any atom is -0.299 e. The van der Waals surface area contributed by atoms with Gasteiger partial charge in [-0.05, 0) is 24.4 Å². The molecule has 0 aliphatic carbocycles. The molecular weight excluding hydrogens is 210 g/mol. The van der Waals surface area contributed by atoms with Crippen LogP contribution in [0.3, 0.4) is 0 Å². The summed E-state index contributed by atoms with van der Waals surface area (Å²) < 4.78 is 2.75. The molecule has 0 radical (unpaired) electrons. The van der Waals surface area contributed by atoms with Crippen LogP contribution < -0.4 is 5.32 Å². The van der Waals surface area contributed by atoms with Crippen LogP contribution in [-0.4, -0.2) is 6.54 Å². The van der Waals surface area contributed by atoms with Crippen LogP contribution in [0.4, 0.5) is 0 Å². The zero-order valence-corrected chi connectivity index (χ0v) is 9.54. The van der Waals surface area contributed by atoms with Gasteiger partial charge in [-0.15, -0.1) is 29.1 Å². The first kappa shape index (κ1) is 9.72. The minimum absolute atomic E-state index is 0.357. The summed E-state index contributed by atoms with van der Waals surface area (Å²) in [5, 5.41) is 5.41. The van der Waals surface area contributed by atoms with E-state index in [1.165, 1.54) is 14.3 Å². The first-order valence-corrected chi connectivity index (χ1v) is 6.14. The lowest BCUT2D eigenvalue weighted by Gasteiger charge is -2.08. The van der Waals surface area contributed by atoms with Gasteiger partial charge in [0.25, 0.3) is 0 Å². The van der Waals surface area contributed by atoms with Crippen molar-refractivity contribution in [2.75, 3.05) is 6.54 Å². The van der Waals surface area contributed by atoms with Crippen LogP contribution in [0.2, 0.25) is 0 Å². The van der Waals surface area contributed by atoms with Crippen molar-refractivity contribution in [3.05, 3.63) is 22.4 Å². The molecule has 72 valence electrons. The lowest BCUT2D eigenvalue weighted by molar-refractivity contribution is 0.634. The Hall–Kier alpha value is -0.820. The van der Waals surface area contributed by atoms with Crippen LogP contribution in [0.15, 0.2) is 17.5 Å². The molecule has 0 saturated heterocycles. The monoisotopic (exact) mass is 221 g/mol. The number of fused-ring (bicyclic) bond motifs is 1. The molecular formula is C11H11NS2. The van der Waals surface area contributed by atoms with Crippen molar-refractivity contribution >= 4 is 32.1 Å². The number of terminal acetylenes is 1. The molecule has 2 rings (SSSR count). The standard InChI is InChI=1S/C11H11NS2/c1-3-5-12-8(2)10-7-11-9(14-10)4-6-13-11/h1,4,6-8,12H,5H2,2H3. The molecule has 1 atom stereocenters. The molecule has 3 heteroatoms. The van der Waals surface area contributed by atoms with E-state index in [9.17, 15) is 0 Å². The molecule has 0 aliphatic heterocycles. The van der Waals surface area contributed by atoms with E-state index in [4.69, 9.17) is 6.42 Å². The van der Waals surface area contributed by atoms with E-state index in [0.717, 1.165) is 0 Å². The third-order valence-electron chi connectivity index (χ3n) is 2.10. The zero-order valence-electron chi connectivity index (χ0n) is 7.91. The lowest BCUT2D eigenvalue weighted by Crippen LogP contribution is -2.17. The summed E-state index contributed by atoms with van der Waals surface area (Å²) in [6.45, 7) is 2.78. The van der Waals surface area contributed by atoms with Gasteiger partial charge in [0.05, 0.1) is 6.54 Å². The molecule has 0 spiro atoms. The average molecular weight is 221 g/mol. The van der Waals surface area contributed by atoms with Crippen LogP contribution in [0.1, 0.15) is 17.8 Å². The molecule has 1 nitrogen and oxygen atoms in total. The fourth-order valence-corrected chi connectivity index (χ4v) is 3.46. The molecule has 2 aromatic rings. The Morgan fingerprint density at radius 2 is 2.43 bits per heavy atom. The molecule has 1 unspecified atom stereocenters. The zero-order chi connectivity index (χ0) is 9.97. The molecule has 0 amide bonds. The quantitative estimate of drug-likeness (QED) is 0.785. The lowest BCUT2D eigenvalue weighted by atomic mass is 10.3. The summed E-state index contributed by atoms with van der Waals surface area (Å²) in [6, 6.07) is 4.77. The third-order valence-corrected chi connectivity index (χ3v) is 4.37. The van der Waals surface area contributed by atoms with Gasteiger partial charge in [-0.1, -0.05) is 5.92 Å². The van der Waals surface area contributed by atoms with Gasteiger partial charge < -0.3 is 0 Å². The number of hydrogen-bond donors (Lipinski definition) is 1. The van der Waals surface area contributed by atoms with Crippen molar-refractivity contribution in [1.29, 1.82) is 0 Å². The van der Waals surface area contributed by atoms with Gasteiger partial charge in [-0.3, -0.25) is 5.32 Å². The largest absolute Gasteiger partial charge is 0.299 e. The normalized spacial score (nSPS) is 12.9. The Morgan fingerprint density at radius 3 is 3.14 bits per heavy atom. The van der Waals surface area contributed by atoms with E-state index in [1.807, 2.05) is 11.3 Å². The van der Waals surface area contributed by atoms with Crippen LogP contribution in [-0.2, 0) is 0 Å². The molecule has 2 aromatic heterocycles. The van der Waals surface area contributed by atoms with Crippen molar-refractivity contribution < 1.29 is 0 Å². The second kappa shape index (κ2) is 4.14. The van der Waals surface area contributed by atoms with Gasteiger partial charge in [0, 0.05) is 20.3 Å². The molecule has 1 N–H and O–H groups in total. The van der Waals surface area contributed by atoms with Crippen molar-refractivity contribution in [1.82, 2.24) is 5.32 Å². The van der Waals surface area contributed by atoms with Crippen molar-refractivity contribution in [2.24, 2.45) is 0 Å². The fraction of sp³-hybridized carbons (Fsp3) is 0.273. The number of nitrogens with one attached hydrogen (secondary N) is 1. The van der Waals surface area contributed by atoms with Crippen molar-refractivity contribution in [2.45, 2.75) is 13.0 Å². The average Bonchev–Trinajstić information content (AvgIpc) is 2.72. The molecule has 2 heterocycles. The van der Waals surface area contributed by atoms with Gasteiger partial charge in [-0.25, -0.2) is 0 Å². The molecule has 0 saturated carbocycles. The molecule has 0 aromatic carbocycles. The summed E-state index contributed by atoms with van der Waals surface area (Å²) in [6.07, 6.45) is 5.20. The van der Waals surface area contributed by atoms with Crippen LogP contribution in [0.25, 0.3) is 9.40 Å². The van der Waals surface area contributed by atoms with E-state index >= 15 is 0 Å². The summed E-state index contributed by atoms with van der Waals surface area (Å²) in [5.74, 6) is 2.59. The highest BCUT2D eigenvalue weighted by molar-refractivity contribution is 7.26. The number of hydrogen-bond acceptors (Lipinski definition) is 3. The topological polar surface area (TPSA) is 12.0 Å². The molecule has 14 heavy (non-hydrogen) atoms. The Labute approximate surface area is 91.8 Å². The second-order valence-electron chi connectivity index (χ2n) is 3.10. The fourth-order valence-electron chi connectivity index (χ4n) is 1.31. The Kier molecular flexibility index (Phi) is 2.87. The van der Waals surface area contributed by atoms with E-state index in [-0.39, 0.29) is 0 Å². The molecule has 0 aliphatic rings.